The molecule has 1 amide bonds. The standard InChI is InChI=1S/C15H19N3O3/c16-6-5-15(20)17-13-3-1-12(2-4-13)14(19)11-18-7-9-21-10-8-18/h1-4,14,19H,5,7-11H2,(H,17,20). The molecule has 1 saturated heterocycles. The van der Waals surface area contributed by atoms with Gasteiger partial charge in [-0.15, -0.1) is 0 Å². The molecule has 2 N–H and O–H groups in total. The summed E-state index contributed by atoms with van der Waals surface area (Å²) in [5.74, 6) is -0.334. The first-order valence-electron chi connectivity index (χ1n) is 6.94. The lowest BCUT2D eigenvalue weighted by Gasteiger charge is -2.28. The van der Waals surface area contributed by atoms with Gasteiger partial charge in [0.25, 0.3) is 0 Å². The number of hydrogen-bond donors (Lipinski definition) is 2. The molecular weight excluding hydrogens is 270 g/mol. The van der Waals surface area contributed by atoms with Crippen molar-refractivity contribution >= 4 is 11.6 Å². The van der Waals surface area contributed by atoms with Gasteiger partial charge in [0.05, 0.1) is 25.4 Å². The molecule has 0 aromatic heterocycles. The molecule has 0 radical (unpaired) electrons. The molecular formula is C15H19N3O3. The monoisotopic (exact) mass is 289 g/mol. The van der Waals surface area contributed by atoms with E-state index in [-0.39, 0.29) is 12.3 Å². The van der Waals surface area contributed by atoms with E-state index in [0.29, 0.717) is 25.4 Å². The van der Waals surface area contributed by atoms with E-state index >= 15 is 0 Å². The van der Waals surface area contributed by atoms with Crippen molar-refractivity contribution in [2.75, 3.05) is 38.2 Å². The fraction of sp³-hybridized carbons (Fsp3) is 0.467. The van der Waals surface area contributed by atoms with Gasteiger partial charge in [-0.3, -0.25) is 9.69 Å². The summed E-state index contributed by atoms with van der Waals surface area (Å²) in [6.07, 6.45) is -0.728. The summed E-state index contributed by atoms with van der Waals surface area (Å²) in [5.41, 5.74) is 1.43. The molecule has 2 rings (SSSR count). The van der Waals surface area contributed by atoms with Gasteiger partial charge in [-0.2, -0.15) is 5.26 Å². The molecule has 112 valence electrons. The molecule has 1 aromatic rings. The summed E-state index contributed by atoms with van der Waals surface area (Å²) >= 11 is 0. The molecule has 1 fully saturated rings. The van der Waals surface area contributed by atoms with Crippen molar-refractivity contribution in [3.63, 3.8) is 0 Å². The molecule has 0 saturated carbocycles. The van der Waals surface area contributed by atoms with E-state index in [2.05, 4.69) is 10.2 Å². The zero-order chi connectivity index (χ0) is 15.1. The van der Waals surface area contributed by atoms with Crippen LogP contribution < -0.4 is 5.32 Å². The normalized spacial score (nSPS) is 17.0. The van der Waals surface area contributed by atoms with Crippen molar-refractivity contribution in [1.29, 1.82) is 5.26 Å². The number of aliphatic hydroxyl groups is 1. The summed E-state index contributed by atoms with van der Waals surface area (Å²) in [4.78, 5) is 13.5. The highest BCUT2D eigenvalue weighted by Crippen LogP contribution is 2.18. The third-order valence-electron chi connectivity index (χ3n) is 3.35. The van der Waals surface area contributed by atoms with Gasteiger partial charge < -0.3 is 15.2 Å². The van der Waals surface area contributed by atoms with Crippen molar-refractivity contribution in [3.05, 3.63) is 29.8 Å². The predicted octanol–water partition coefficient (Wildman–Crippen LogP) is 0.904. The smallest absolute Gasteiger partial charge is 0.238 e. The van der Waals surface area contributed by atoms with E-state index in [1.807, 2.05) is 0 Å². The average molecular weight is 289 g/mol. The predicted molar refractivity (Wildman–Crippen MR) is 77.5 cm³/mol. The van der Waals surface area contributed by atoms with Crippen molar-refractivity contribution in [2.24, 2.45) is 0 Å². The topological polar surface area (TPSA) is 85.6 Å². The largest absolute Gasteiger partial charge is 0.387 e. The minimum Gasteiger partial charge on any atom is -0.387 e. The molecule has 0 bridgehead atoms. The minimum absolute atomic E-state index is 0.165. The number of carbonyl (C=O) groups excluding carboxylic acids is 1. The van der Waals surface area contributed by atoms with Crippen LogP contribution in [0.3, 0.4) is 0 Å². The lowest BCUT2D eigenvalue weighted by Crippen LogP contribution is -2.38. The van der Waals surface area contributed by atoms with Gasteiger partial charge >= 0.3 is 0 Å². The van der Waals surface area contributed by atoms with E-state index in [1.54, 1.807) is 30.3 Å². The number of ether oxygens (including phenoxy) is 1. The van der Waals surface area contributed by atoms with Gasteiger partial charge in [0, 0.05) is 25.3 Å². The van der Waals surface area contributed by atoms with Gasteiger partial charge in [0.15, 0.2) is 0 Å². The van der Waals surface area contributed by atoms with E-state index in [9.17, 15) is 9.90 Å². The Morgan fingerprint density at radius 1 is 1.38 bits per heavy atom. The SMILES string of the molecule is N#CCC(=O)Nc1ccc(C(O)CN2CCOCC2)cc1. The number of nitrogens with one attached hydrogen (secondary N) is 1. The first-order chi connectivity index (χ1) is 10.2. The highest BCUT2D eigenvalue weighted by Gasteiger charge is 2.16. The molecule has 21 heavy (non-hydrogen) atoms. The first-order valence-corrected chi connectivity index (χ1v) is 6.94. The Hall–Kier alpha value is -1.94. The van der Waals surface area contributed by atoms with Crippen LogP contribution in [0.1, 0.15) is 18.1 Å². The number of β-amino-alcohol motifs (C(OH)–C–C–N with tert-alkyl or cyclic N) is 1. The summed E-state index contributed by atoms with van der Waals surface area (Å²) < 4.78 is 5.27. The van der Waals surface area contributed by atoms with Gasteiger partial charge in [-0.25, -0.2) is 0 Å². The van der Waals surface area contributed by atoms with Crippen LogP contribution in [-0.4, -0.2) is 48.8 Å². The summed E-state index contributed by atoms with van der Waals surface area (Å²) in [5, 5.41) is 21.3. The molecule has 1 heterocycles. The third kappa shape index (κ3) is 4.83. The molecule has 1 aliphatic heterocycles. The number of benzene rings is 1. The molecule has 1 aromatic carbocycles. The van der Waals surface area contributed by atoms with E-state index < -0.39 is 6.10 Å². The Balaban J connectivity index is 1.88. The molecule has 1 aliphatic rings. The second-order valence-electron chi connectivity index (χ2n) is 4.93. The maximum Gasteiger partial charge on any atom is 0.238 e. The molecule has 1 unspecified atom stereocenters. The fourth-order valence-corrected chi connectivity index (χ4v) is 2.20. The van der Waals surface area contributed by atoms with E-state index in [1.165, 1.54) is 0 Å². The van der Waals surface area contributed by atoms with Crippen molar-refractivity contribution < 1.29 is 14.6 Å². The number of aliphatic hydroxyl groups excluding tert-OH is 1. The van der Waals surface area contributed by atoms with E-state index in [0.717, 1.165) is 18.7 Å². The number of anilines is 1. The second kappa shape index (κ2) is 7.74. The third-order valence-corrected chi connectivity index (χ3v) is 3.35. The lowest BCUT2D eigenvalue weighted by molar-refractivity contribution is -0.115. The highest BCUT2D eigenvalue weighted by atomic mass is 16.5. The maximum atomic E-state index is 11.3. The van der Waals surface area contributed by atoms with Crippen molar-refractivity contribution in [3.8, 4) is 6.07 Å². The Bertz CT molecular complexity index is 504. The van der Waals surface area contributed by atoms with Crippen LogP contribution in [-0.2, 0) is 9.53 Å². The quantitative estimate of drug-likeness (QED) is 0.841. The van der Waals surface area contributed by atoms with Crippen LogP contribution >= 0.6 is 0 Å². The fourth-order valence-electron chi connectivity index (χ4n) is 2.20. The molecule has 1 atom stereocenters. The molecule has 6 nitrogen and oxygen atoms in total. The Morgan fingerprint density at radius 3 is 2.67 bits per heavy atom. The van der Waals surface area contributed by atoms with Gasteiger partial charge in [-0.1, -0.05) is 12.1 Å². The Kier molecular flexibility index (Phi) is 5.69. The summed E-state index contributed by atoms with van der Waals surface area (Å²) in [6, 6.07) is 8.82. The number of hydrogen-bond acceptors (Lipinski definition) is 5. The Labute approximate surface area is 123 Å². The van der Waals surface area contributed by atoms with Crippen LogP contribution in [0.4, 0.5) is 5.69 Å². The van der Waals surface area contributed by atoms with Gasteiger partial charge in [0.1, 0.15) is 6.42 Å². The van der Waals surface area contributed by atoms with Crippen molar-refractivity contribution in [2.45, 2.75) is 12.5 Å². The maximum absolute atomic E-state index is 11.3. The zero-order valence-corrected chi connectivity index (χ0v) is 11.8. The summed E-state index contributed by atoms with van der Waals surface area (Å²) in [7, 11) is 0. The van der Waals surface area contributed by atoms with Gasteiger partial charge in [0.2, 0.25) is 5.91 Å². The lowest BCUT2D eigenvalue weighted by atomic mass is 10.1. The number of morpholine rings is 1. The number of nitrogens with zero attached hydrogens (tertiary/aromatic N) is 2. The second-order valence-corrected chi connectivity index (χ2v) is 4.93. The van der Waals surface area contributed by atoms with Crippen molar-refractivity contribution in [1.82, 2.24) is 4.90 Å². The van der Waals surface area contributed by atoms with Crippen LogP contribution in [0.2, 0.25) is 0 Å². The minimum atomic E-state index is -0.563. The highest BCUT2D eigenvalue weighted by molar-refractivity contribution is 5.91. The number of amides is 1. The Morgan fingerprint density at radius 2 is 2.05 bits per heavy atom. The van der Waals surface area contributed by atoms with E-state index in [4.69, 9.17) is 10.00 Å². The molecule has 0 aliphatic carbocycles. The van der Waals surface area contributed by atoms with Crippen LogP contribution in [0, 0.1) is 11.3 Å². The summed E-state index contributed by atoms with van der Waals surface area (Å²) in [6.45, 7) is 3.65. The molecule has 0 spiro atoms. The number of rotatable bonds is 5. The average Bonchev–Trinajstić information content (AvgIpc) is 2.49. The van der Waals surface area contributed by atoms with Crippen LogP contribution in [0.5, 0.6) is 0 Å². The van der Waals surface area contributed by atoms with Gasteiger partial charge in [-0.05, 0) is 17.7 Å². The number of carbonyl (C=O) groups is 1. The van der Waals surface area contributed by atoms with Crippen LogP contribution in [0.15, 0.2) is 24.3 Å². The number of nitriles is 1. The van der Waals surface area contributed by atoms with Crippen LogP contribution in [0.25, 0.3) is 0 Å². The zero-order valence-electron chi connectivity index (χ0n) is 11.8. The molecule has 6 heteroatoms. The first kappa shape index (κ1) is 15.4.